The number of amides is 1. The molecular weight excluding hydrogens is 322 g/mol. The summed E-state index contributed by atoms with van der Waals surface area (Å²) in [4.78, 5) is 11.2. The van der Waals surface area contributed by atoms with Crippen molar-refractivity contribution in [2.45, 2.75) is 6.92 Å². The maximum absolute atomic E-state index is 11.0. The number of hydrogen-bond acceptors (Lipinski definition) is 5. The third-order valence-electron chi connectivity index (χ3n) is 2.85. The predicted molar refractivity (Wildman–Crippen MR) is 100 cm³/mol. The molecular formula is C17H15N5OS. The molecule has 7 heteroatoms. The van der Waals surface area contributed by atoms with Crippen molar-refractivity contribution in [2.75, 3.05) is 16.1 Å². The second kappa shape index (κ2) is 8.41. The number of carbonyl (C=O) groups excluding carboxylic acids is 1. The van der Waals surface area contributed by atoms with Gasteiger partial charge in [-0.3, -0.25) is 10.2 Å². The summed E-state index contributed by atoms with van der Waals surface area (Å²) in [6.45, 7) is 1.44. The van der Waals surface area contributed by atoms with Gasteiger partial charge < -0.3 is 10.6 Å². The van der Waals surface area contributed by atoms with E-state index in [9.17, 15) is 10.1 Å². The summed E-state index contributed by atoms with van der Waals surface area (Å²) in [6, 6.07) is 18.2. The first-order chi connectivity index (χ1) is 11.6. The van der Waals surface area contributed by atoms with Crippen LogP contribution in [0.3, 0.4) is 0 Å². The highest BCUT2D eigenvalue weighted by atomic mass is 32.1. The van der Waals surface area contributed by atoms with E-state index in [1.54, 1.807) is 24.3 Å². The lowest BCUT2D eigenvalue weighted by Crippen LogP contribution is -2.20. The van der Waals surface area contributed by atoms with Gasteiger partial charge in [-0.1, -0.05) is 30.4 Å². The molecule has 1 amide bonds. The Morgan fingerprint density at radius 2 is 1.58 bits per heavy atom. The first kappa shape index (κ1) is 17.1. The Morgan fingerprint density at radius 1 is 1.00 bits per heavy atom. The van der Waals surface area contributed by atoms with Crippen molar-refractivity contribution < 1.29 is 4.79 Å². The number of hydrazone groups is 1. The van der Waals surface area contributed by atoms with E-state index >= 15 is 0 Å². The third-order valence-corrected chi connectivity index (χ3v) is 3.15. The van der Waals surface area contributed by atoms with E-state index in [0.717, 1.165) is 5.69 Å². The van der Waals surface area contributed by atoms with Gasteiger partial charge >= 0.3 is 0 Å². The van der Waals surface area contributed by atoms with E-state index in [4.69, 9.17) is 12.2 Å². The van der Waals surface area contributed by atoms with Gasteiger partial charge in [-0.2, -0.15) is 10.4 Å². The largest absolute Gasteiger partial charge is 0.344 e. The molecule has 3 N–H and O–H groups in total. The standard InChI is InChI=1S/C17H15N5OS/c1-12(23)19-14-7-9-15(10-8-14)21-22-16(11-18)17(24)20-13-5-3-2-4-6-13/h2-10,21H,1H3,(H,19,23)(H,20,24). The lowest BCUT2D eigenvalue weighted by atomic mass is 10.3. The average Bonchev–Trinajstić information content (AvgIpc) is 2.57. The lowest BCUT2D eigenvalue weighted by molar-refractivity contribution is -0.114. The normalized spacial score (nSPS) is 10.4. The van der Waals surface area contributed by atoms with Gasteiger partial charge in [0.05, 0.1) is 5.69 Å². The zero-order chi connectivity index (χ0) is 17.4. The molecule has 0 saturated carbocycles. The van der Waals surface area contributed by atoms with Crippen molar-refractivity contribution in [1.29, 1.82) is 5.26 Å². The van der Waals surface area contributed by atoms with Crippen LogP contribution >= 0.6 is 12.2 Å². The molecule has 0 aliphatic heterocycles. The Kier molecular flexibility index (Phi) is 6.00. The number of nitriles is 1. The highest BCUT2D eigenvalue weighted by Gasteiger charge is 2.06. The molecule has 0 bridgehead atoms. The Bertz CT molecular complexity index is 794. The molecule has 0 spiro atoms. The third kappa shape index (κ3) is 5.19. The zero-order valence-electron chi connectivity index (χ0n) is 12.9. The summed E-state index contributed by atoms with van der Waals surface area (Å²) in [5, 5.41) is 18.8. The maximum atomic E-state index is 11.0. The molecule has 0 saturated heterocycles. The van der Waals surface area contributed by atoms with Crippen LogP contribution < -0.4 is 16.1 Å². The highest BCUT2D eigenvalue weighted by molar-refractivity contribution is 7.82. The molecule has 2 aromatic carbocycles. The summed E-state index contributed by atoms with van der Waals surface area (Å²) in [6.07, 6.45) is 0. The molecule has 120 valence electrons. The number of benzene rings is 2. The average molecular weight is 337 g/mol. The fourth-order valence-electron chi connectivity index (χ4n) is 1.79. The second-order valence-electron chi connectivity index (χ2n) is 4.76. The fraction of sp³-hybridized carbons (Fsp3) is 0.0588. The predicted octanol–water partition coefficient (Wildman–Crippen LogP) is 3.38. The lowest BCUT2D eigenvalue weighted by Gasteiger charge is -2.07. The number of anilines is 3. The number of para-hydroxylation sites is 1. The number of nitrogens with zero attached hydrogens (tertiary/aromatic N) is 2. The van der Waals surface area contributed by atoms with Crippen LogP contribution in [-0.2, 0) is 4.79 Å². The Balaban J connectivity index is 2.01. The fourth-order valence-corrected chi connectivity index (χ4v) is 2.00. The van der Waals surface area contributed by atoms with Crippen LogP contribution in [0, 0.1) is 11.3 Å². The van der Waals surface area contributed by atoms with E-state index in [1.807, 2.05) is 36.4 Å². The van der Waals surface area contributed by atoms with E-state index < -0.39 is 0 Å². The first-order valence-corrected chi connectivity index (χ1v) is 7.47. The van der Waals surface area contributed by atoms with Crippen LogP contribution in [-0.4, -0.2) is 16.6 Å². The van der Waals surface area contributed by atoms with Crippen molar-refractivity contribution in [1.82, 2.24) is 0 Å². The van der Waals surface area contributed by atoms with E-state index in [0.29, 0.717) is 11.4 Å². The van der Waals surface area contributed by atoms with Gasteiger partial charge in [0, 0.05) is 18.3 Å². The van der Waals surface area contributed by atoms with Crippen LogP contribution in [0.1, 0.15) is 6.92 Å². The molecule has 0 aliphatic rings. The van der Waals surface area contributed by atoms with Gasteiger partial charge in [0.25, 0.3) is 0 Å². The molecule has 0 aliphatic carbocycles. The molecule has 24 heavy (non-hydrogen) atoms. The molecule has 0 atom stereocenters. The highest BCUT2D eigenvalue weighted by Crippen LogP contribution is 2.13. The van der Waals surface area contributed by atoms with Crippen LogP contribution in [0.25, 0.3) is 0 Å². The first-order valence-electron chi connectivity index (χ1n) is 7.06. The number of nitrogens with one attached hydrogen (secondary N) is 3. The number of hydrogen-bond donors (Lipinski definition) is 3. The number of rotatable bonds is 5. The van der Waals surface area contributed by atoms with Crippen molar-refractivity contribution in [2.24, 2.45) is 5.10 Å². The van der Waals surface area contributed by atoms with Gasteiger partial charge in [0.2, 0.25) is 5.91 Å². The van der Waals surface area contributed by atoms with Gasteiger partial charge in [0.15, 0.2) is 5.71 Å². The summed E-state index contributed by atoms with van der Waals surface area (Å²) >= 11 is 5.19. The number of carbonyl (C=O) groups is 1. The molecule has 0 heterocycles. The van der Waals surface area contributed by atoms with Crippen molar-refractivity contribution >= 4 is 45.9 Å². The minimum absolute atomic E-state index is 0.0693. The van der Waals surface area contributed by atoms with E-state index in [-0.39, 0.29) is 16.6 Å². The molecule has 0 fully saturated rings. The van der Waals surface area contributed by atoms with Crippen LogP contribution in [0.15, 0.2) is 59.7 Å². The SMILES string of the molecule is CC(=O)Nc1ccc(NN=C(C#N)C(=S)Nc2ccccc2)cc1. The maximum Gasteiger partial charge on any atom is 0.221 e. The summed E-state index contributed by atoms with van der Waals surface area (Å²) < 4.78 is 0. The summed E-state index contributed by atoms with van der Waals surface area (Å²) in [5.74, 6) is -0.141. The molecule has 0 aromatic heterocycles. The topological polar surface area (TPSA) is 89.3 Å². The Morgan fingerprint density at radius 3 is 2.17 bits per heavy atom. The van der Waals surface area contributed by atoms with Crippen molar-refractivity contribution in [3.63, 3.8) is 0 Å². The summed E-state index contributed by atoms with van der Waals surface area (Å²) in [5.41, 5.74) is 4.97. The van der Waals surface area contributed by atoms with Crippen molar-refractivity contribution in [3.8, 4) is 6.07 Å². The summed E-state index contributed by atoms with van der Waals surface area (Å²) in [7, 11) is 0. The van der Waals surface area contributed by atoms with E-state index in [2.05, 4.69) is 21.2 Å². The van der Waals surface area contributed by atoms with Gasteiger partial charge in [-0.25, -0.2) is 0 Å². The monoisotopic (exact) mass is 337 g/mol. The van der Waals surface area contributed by atoms with Crippen LogP contribution in [0.4, 0.5) is 17.1 Å². The Labute approximate surface area is 145 Å². The molecule has 0 radical (unpaired) electrons. The van der Waals surface area contributed by atoms with Crippen LogP contribution in [0.5, 0.6) is 0 Å². The minimum Gasteiger partial charge on any atom is -0.344 e. The van der Waals surface area contributed by atoms with E-state index in [1.165, 1.54) is 6.92 Å². The minimum atomic E-state index is -0.141. The van der Waals surface area contributed by atoms with Crippen LogP contribution in [0.2, 0.25) is 0 Å². The molecule has 2 rings (SSSR count). The van der Waals surface area contributed by atoms with Gasteiger partial charge in [-0.05, 0) is 36.4 Å². The van der Waals surface area contributed by atoms with Gasteiger partial charge in [0.1, 0.15) is 11.1 Å². The quantitative estimate of drug-likeness (QED) is 0.442. The zero-order valence-corrected chi connectivity index (χ0v) is 13.7. The molecule has 2 aromatic rings. The van der Waals surface area contributed by atoms with Gasteiger partial charge in [-0.15, -0.1) is 0 Å². The van der Waals surface area contributed by atoms with Crippen molar-refractivity contribution in [3.05, 3.63) is 54.6 Å². The molecule has 0 unspecified atom stereocenters. The Hall–Kier alpha value is -3.24. The second-order valence-corrected chi connectivity index (χ2v) is 5.17. The smallest absolute Gasteiger partial charge is 0.221 e. The molecule has 6 nitrogen and oxygen atoms in total. The number of thiocarbonyl (C=S) groups is 1.